The summed E-state index contributed by atoms with van der Waals surface area (Å²) in [6, 6.07) is 16.0. The number of hydrogen-bond acceptors (Lipinski definition) is 2. The SMILES string of the molecule is CN(C(=O)C(=O)Nc1ccc(Br)cc1)c1ccccc1. The smallest absolute Gasteiger partial charge is 0.316 e. The van der Waals surface area contributed by atoms with Crippen LogP contribution in [0.4, 0.5) is 11.4 Å². The lowest BCUT2D eigenvalue weighted by Crippen LogP contribution is -2.37. The molecule has 0 heterocycles. The average Bonchev–Trinajstić information content (AvgIpc) is 2.49. The number of anilines is 2. The minimum absolute atomic E-state index is 0.577. The van der Waals surface area contributed by atoms with Gasteiger partial charge in [0.2, 0.25) is 0 Å². The average molecular weight is 333 g/mol. The predicted octanol–water partition coefficient (Wildman–Crippen LogP) is 3.05. The molecule has 0 spiro atoms. The van der Waals surface area contributed by atoms with Gasteiger partial charge in [-0.1, -0.05) is 34.1 Å². The van der Waals surface area contributed by atoms with Crippen LogP contribution in [0.5, 0.6) is 0 Å². The van der Waals surface area contributed by atoms with Crippen LogP contribution < -0.4 is 10.2 Å². The van der Waals surface area contributed by atoms with Gasteiger partial charge in [0.05, 0.1) is 0 Å². The molecule has 2 rings (SSSR count). The third-order valence-corrected chi connectivity index (χ3v) is 3.27. The highest BCUT2D eigenvalue weighted by Crippen LogP contribution is 2.15. The highest BCUT2D eigenvalue weighted by atomic mass is 79.9. The number of carbonyl (C=O) groups excluding carboxylic acids is 2. The quantitative estimate of drug-likeness (QED) is 0.859. The normalized spacial score (nSPS) is 9.90. The molecule has 0 unspecified atom stereocenters. The Hall–Kier alpha value is -2.14. The van der Waals surface area contributed by atoms with Crippen molar-refractivity contribution < 1.29 is 9.59 Å². The monoisotopic (exact) mass is 332 g/mol. The first-order chi connectivity index (χ1) is 9.58. The van der Waals surface area contributed by atoms with Crippen LogP contribution in [0.2, 0.25) is 0 Å². The van der Waals surface area contributed by atoms with E-state index in [-0.39, 0.29) is 0 Å². The molecule has 4 nitrogen and oxygen atoms in total. The maximum atomic E-state index is 12.0. The molecule has 0 fully saturated rings. The number of para-hydroxylation sites is 1. The van der Waals surface area contributed by atoms with Gasteiger partial charge in [0.15, 0.2) is 0 Å². The summed E-state index contributed by atoms with van der Waals surface area (Å²) in [6.07, 6.45) is 0. The van der Waals surface area contributed by atoms with Crippen molar-refractivity contribution in [1.29, 1.82) is 0 Å². The zero-order chi connectivity index (χ0) is 14.5. The topological polar surface area (TPSA) is 49.4 Å². The van der Waals surface area contributed by atoms with Gasteiger partial charge in [-0.25, -0.2) is 0 Å². The Morgan fingerprint density at radius 3 is 2.20 bits per heavy atom. The molecule has 1 N–H and O–H groups in total. The van der Waals surface area contributed by atoms with E-state index in [0.29, 0.717) is 11.4 Å². The van der Waals surface area contributed by atoms with Crippen LogP contribution in [0.25, 0.3) is 0 Å². The van der Waals surface area contributed by atoms with Crippen molar-refractivity contribution >= 4 is 39.1 Å². The van der Waals surface area contributed by atoms with E-state index in [0.717, 1.165) is 4.47 Å². The lowest BCUT2D eigenvalue weighted by molar-refractivity contribution is -0.134. The number of hydrogen-bond donors (Lipinski definition) is 1. The van der Waals surface area contributed by atoms with Crippen molar-refractivity contribution in [2.75, 3.05) is 17.3 Å². The summed E-state index contributed by atoms with van der Waals surface area (Å²) in [7, 11) is 1.57. The van der Waals surface area contributed by atoms with Crippen molar-refractivity contribution in [3.8, 4) is 0 Å². The lowest BCUT2D eigenvalue weighted by atomic mass is 10.3. The number of halogens is 1. The van der Waals surface area contributed by atoms with Crippen molar-refractivity contribution in [1.82, 2.24) is 0 Å². The highest BCUT2D eigenvalue weighted by molar-refractivity contribution is 9.10. The van der Waals surface area contributed by atoms with E-state index in [9.17, 15) is 9.59 Å². The number of nitrogens with one attached hydrogen (secondary N) is 1. The molecule has 2 aromatic rings. The number of benzene rings is 2. The Bertz CT molecular complexity index is 612. The van der Waals surface area contributed by atoms with Crippen molar-refractivity contribution in [3.63, 3.8) is 0 Å². The molecule has 5 heteroatoms. The van der Waals surface area contributed by atoms with Gasteiger partial charge in [-0.2, -0.15) is 0 Å². The number of carbonyl (C=O) groups is 2. The summed E-state index contributed by atoms with van der Waals surface area (Å²) in [5.74, 6) is -1.28. The van der Waals surface area contributed by atoms with E-state index in [1.165, 1.54) is 4.90 Å². The second-order valence-electron chi connectivity index (χ2n) is 4.16. The zero-order valence-electron chi connectivity index (χ0n) is 10.8. The fourth-order valence-corrected chi connectivity index (χ4v) is 1.90. The van der Waals surface area contributed by atoms with Crippen LogP contribution in [0.15, 0.2) is 59.1 Å². The second-order valence-corrected chi connectivity index (χ2v) is 5.08. The van der Waals surface area contributed by atoms with Gasteiger partial charge < -0.3 is 10.2 Å². The third-order valence-electron chi connectivity index (χ3n) is 2.74. The van der Waals surface area contributed by atoms with E-state index in [2.05, 4.69) is 21.2 Å². The first kappa shape index (κ1) is 14.3. The largest absolute Gasteiger partial charge is 0.318 e. The molecule has 0 atom stereocenters. The highest BCUT2D eigenvalue weighted by Gasteiger charge is 2.19. The molecule has 0 saturated heterocycles. The van der Waals surface area contributed by atoms with E-state index in [1.807, 2.05) is 18.2 Å². The molecule has 0 aliphatic carbocycles. The van der Waals surface area contributed by atoms with Crippen LogP contribution in [0.3, 0.4) is 0 Å². The van der Waals surface area contributed by atoms with Crippen LogP contribution in [0, 0.1) is 0 Å². The summed E-state index contributed by atoms with van der Waals surface area (Å²) in [5.41, 5.74) is 1.25. The van der Waals surface area contributed by atoms with Crippen LogP contribution in [-0.2, 0) is 9.59 Å². The van der Waals surface area contributed by atoms with Crippen LogP contribution in [-0.4, -0.2) is 18.9 Å². The molecule has 0 bridgehead atoms. The minimum atomic E-state index is -0.668. The van der Waals surface area contributed by atoms with Crippen LogP contribution >= 0.6 is 15.9 Å². The van der Waals surface area contributed by atoms with Gasteiger partial charge in [-0.15, -0.1) is 0 Å². The molecule has 20 heavy (non-hydrogen) atoms. The maximum absolute atomic E-state index is 12.0. The standard InChI is InChI=1S/C15H13BrN2O2/c1-18(13-5-3-2-4-6-13)15(20)14(19)17-12-9-7-11(16)8-10-12/h2-10H,1H3,(H,17,19). The van der Waals surface area contributed by atoms with Gasteiger partial charge in [-0.05, 0) is 36.4 Å². The molecule has 0 aliphatic heterocycles. The van der Waals surface area contributed by atoms with Crippen LogP contribution in [0.1, 0.15) is 0 Å². The fourth-order valence-electron chi connectivity index (χ4n) is 1.64. The minimum Gasteiger partial charge on any atom is -0.318 e. The van der Waals surface area contributed by atoms with Gasteiger partial charge >= 0.3 is 11.8 Å². The summed E-state index contributed by atoms with van der Waals surface area (Å²) in [4.78, 5) is 25.2. The molecule has 102 valence electrons. The second kappa shape index (κ2) is 6.34. The summed E-state index contributed by atoms with van der Waals surface area (Å²) >= 11 is 3.31. The Morgan fingerprint density at radius 2 is 1.60 bits per heavy atom. The first-order valence-corrected chi connectivity index (χ1v) is 6.77. The Labute approximate surface area is 125 Å². The molecule has 0 aliphatic rings. The zero-order valence-corrected chi connectivity index (χ0v) is 12.4. The van der Waals surface area contributed by atoms with E-state index in [1.54, 1.807) is 43.4 Å². The number of nitrogens with zero attached hydrogens (tertiary/aromatic N) is 1. The Morgan fingerprint density at radius 1 is 1.00 bits per heavy atom. The van der Waals surface area contributed by atoms with Gasteiger partial charge in [-0.3, -0.25) is 9.59 Å². The molecular formula is C15H13BrN2O2. The molecule has 0 saturated carbocycles. The molecule has 2 amide bonds. The van der Waals surface area contributed by atoms with Crippen molar-refractivity contribution in [2.24, 2.45) is 0 Å². The lowest BCUT2D eigenvalue weighted by Gasteiger charge is -2.16. The molecule has 2 aromatic carbocycles. The fraction of sp³-hybridized carbons (Fsp3) is 0.0667. The Kier molecular flexibility index (Phi) is 4.53. The van der Waals surface area contributed by atoms with Gasteiger partial charge in [0.25, 0.3) is 0 Å². The molecular weight excluding hydrogens is 320 g/mol. The third kappa shape index (κ3) is 3.45. The summed E-state index contributed by atoms with van der Waals surface area (Å²) in [6.45, 7) is 0. The molecule has 0 radical (unpaired) electrons. The number of rotatable bonds is 2. The maximum Gasteiger partial charge on any atom is 0.316 e. The summed E-state index contributed by atoms with van der Waals surface area (Å²) in [5, 5.41) is 2.57. The van der Waals surface area contributed by atoms with E-state index in [4.69, 9.17) is 0 Å². The summed E-state index contributed by atoms with van der Waals surface area (Å²) < 4.78 is 0.906. The molecule has 0 aromatic heterocycles. The van der Waals surface area contributed by atoms with Gasteiger partial charge in [0, 0.05) is 22.9 Å². The first-order valence-electron chi connectivity index (χ1n) is 5.97. The van der Waals surface area contributed by atoms with Gasteiger partial charge in [0.1, 0.15) is 0 Å². The van der Waals surface area contributed by atoms with E-state index >= 15 is 0 Å². The Balaban J connectivity index is 2.05. The predicted molar refractivity (Wildman–Crippen MR) is 82.6 cm³/mol. The number of likely N-dealkylation sites (N-methyl/N-ethyl adjacent to an activating group) is 1. The van der Waals surface area contributed by atoms with Crippen molar-refractivity contribution in [2.45, 2.75) is 0 Å². The number of amides is 2. The van der Waals surface area contributed by atoms with Crippen molar-refractivity contribution in [3.05, 3.63) is 59.1 Å². The van der Waals surface area contributed by atoms with E-state index < -0.39 is 11.8 Å².